The third kappa shape index (κ3) is 4.94. The highest BCUT2D eigenvalue weighted by molar-refractivity contribution is 7.92. The molecule has 1 N–H and O–H groups in total. The van der Waals surface area contributed by atoms with E-state index < -0.39 is 21.7 Å². The van der Waals surface area contributed by atoms with Crippen LogP contribution in [0.15, 0.2) is 57.9 Å². The summed E-state index contributed by atoms with van der Waals surface area (Å²) >= 11 is 6.57. The van der Waals surface area contributed by atoms with Crippen molar-refractivity contribution in [3.63, 3.8) is 0 Å². The van der Waals surface area contributed by atoms with Gasteiger partial charge in [0.05, 0.1) is 47.4 Å². The maximum Gasteiger partial charge on any atom is 0.195 e. The van der Waals surface area contributed by atoms with Crippen molar-refractivity contribution < 1.29 is 27.9 Å². The molecule has 2 aromatic carbocycles. The van der Waals surface area contributed by atoms with Crippen molar-refractivity contribution in [3.05, 3.63) is 65.1 Å². The average Bonchev–Trinajstić information content (AvgIpc) is 3.54. The number of hydrogen-bond acceptors (Lipinski definition) is 8. The number of benzene rings is 2. The Morgan fingerprint density at radius 3 is 2.55 bits per heavy atom. The van der Waals surface area contributed by atoms with Crippen molar-refractivity contribution >= 4 is 38.6 Å². The van der Waals surface area contributed by atoms with Gasteiger partial charge in [-0.3, -0.25) is 0 Å². The van der Waals surface area contributed by atoms with Gasteiger partial charge in [-0.2, -0.15) is 4.36 Å². The molecule has 0 radical (unpaired) electrons. The second-order valence-electron chi connectivity index (χ2n) is 9.80. The highest BCUT2D eigenvalue weighted by atomic mass is 35.5. The van der Waals surface area contributed by atoms with Gasteiger partial charge in [0.1, 0.15) is 24.1 Å². The molecule has 3 aliphatic heterocycles. The van der Waals surface area contributed by atoms with Crippen molar-refractivity contribution in [3.8, 4) is 22.4 Å². The van der Waals surface area contributed by atoms with Gasteiger partial charge in [-0.25, -0.2) is 18.6 Å². The summed E-state index contributed by atoms with van der Waals surface area (Å²) in [4.78, 5) is 9.29. The first-order valence-corrected chi connectivity index (χ1v) is 14.8. The number of ether oxygens (including phenoxy) is 3. The van der Waals surface area contributed by atoms with Crippen molar-refractivity contribution in [1.29, 1.82) is 0 Å². The number of nitrogens with zero attached hydrogens (tertiary/aromatic N) is 3. The Kier molecular flexibility index (Phi) is 6.48. The Hall–Kier alpha value is -2.89. The van der Waals surface area contributed by atoms with Gasteiger partial charge in [-0.05, 0) is 23.8 Å². The van der Waals surface area contributed by atoms with Gasteiger partial charge in [0, 0.05) is 39.4 Å². The van der Waals surface area contributed by atoms with E-state index in [4.69, 9.17) is 30.8 Å². The van der Waals surface area contributed by atoms with Gasteiger partial charge in [-0.1, -0.05) is 35.9 Å². The van der Waals surface area contributed by atoms with Gasteiger partial charge < -0.3 is 19.3 Å². The summed E-state index contributed by atoms with van der Waals surface area (Å²) in [7, 11) is -2.38. The lowest BCUT2D eigenvalue weighted by atomic mass is 10.0. The van der Waals surface area contributed by atoms with Crippen LogP contribution in [0.1, 0.15) is 5.69 Å². The largest absolute Gasteiger partial charge is 0.472 e. The molecule has 2 fully saturated rings. The summed E-state index contributed by atoms with van der Waals surface area (Å²) < 4.78 is 48.1. The van der Waals surface area contributed by atoms with E-state index in [9.17, 15) is 13.7 Å². The number of aliphatic hydroxyl groups is 1. The fourth-order valence-corrected chi connectivity index (χ4v) is 5.78. The molecule has 0 saturated carbocycles. The highest BCUT2D eigenvalue weighted by Crippen LogP contribution is 2.37. The van der Waals surface area contributed by atoms with Crippen LogP contribution in [0.25, 0.3) is 22.4 Å². The molecule has 4 atom stereocenters. The van der Waals surface area contributed by atoms with Gasteiger partial charge in [0.25, 0.3) is 0 Å². The van der Waals surface area contributed by atoms with E-state index in [1.54, 1.807) is 30.3 Å². The van der Waals surface area contributed by atoms with Crippen LogP contribution in [-0.2, 0) is 30.4 Å². The predicted octanol–water partition coefficient (Wildman–Crippen LogP) is 4.70. The van der Waals surface area contributed by atoms with Crippen LogP contribution < -0.4 is 0 Å². The zero-order chi connectivity index (χ0) is 26.6. The number of rotatable bonds is 4. The molecule has 8 nitrogen and oxygen atoms in total. The minimum atomic E-state index is -2.38. The number of pyridine rings is 1. The van der Waals surface area contributed by atoms with Gasteiger partial charge in [0.15, 0.2) is 12.0 Å². The van der Waals surface area contributed by atoms with E-state index in [2.05, 4.69) is 9.36 Å². The molecule has 1 aromatic heterocycles. The molecule has 2 saturated heterocycles. The summed E-state index contributed by atoms with van der Waals surface area (Å²) in [6.07, 6.45) is 1.73. The number of aromatic nitrogens is 1. The van der Waals surface area contributed by atoms with Gasteiger partial charge in [-0.15, -0.1) is 0 Å². The zero-order valence-electron chi connectivity index (χ0n) is 20.6. The summed E-state index contributed by atoms with van der Waals surface area (Å²) in [5, 5.41) is 10.4. The van der Waals surface area contributed by atoms with Crippen LogP contribution in [0.5, 0.6) is 0 Å². The Bertz CT molecular complexity index is 1560. The van der Waals surface area contributed by atoms with E-state index in [1.165, 1.54) is 18.6 Å². The SMILES string of the molecule is CS(C)(=O)=Nc1ccc(-c2ccc(-c3nc4c(cc3Cl)N=C(O[C@@H]3CO[C@H]5[C@@H]3OC[C@H]5O)C4)cc2)c(F)c1. The second-order valence-corrected chi connectivity index (χ2v) is 12.8. The van der Waals surface area contributed by atoms with Gasteiger partial charge in [0.2, 0.25) is 0 Å². The predicted molar refractivity (Wildman–Crippen MR) is 143 cm³/mol. The minimum Gasteiger partial charge on any atom is -0.472 e. The Labute approximate surface area is 224 Å². The van der Waals surface area contributed by atoms with Crippen molar-refractivity contribution in [2.24, 2.45) is 9.36 Å². The van der Waals surface area contributed by atoms with Crippen LogP contribution in [0.4, 0.5) is 15.8 Å². The molecule has 4 heterocycles. The maximum atomic E-state index is 14.8. The maximum absolute atomic E-state index is 14.8. The molecule has 3 aliphatic rings. The summed E-state index contributed by atoms with van der Waals surface area (Å²) in [6, 6.07) is 13.6. The molecule has 0 aliphatic carbocycles. The van der Waals surface area contributed by atoms with E-state index in [-0.39, 0.29) is 24.9 Å². The Morgan fingerprint density at radius 1 is 1.08 bits per heavy atom. The third-order valence-electron chi connectivity index (χ3n) is 6.61. The lowest BCUT2D eigenvalue weighted by molar-refractivity contribution is 0.00558. The molecule has 3 aromatic rings. The molecule has 0 amide bonds. The van der Waals surface area contributed by atoms with Crippen molar-refractivity contribution in [1.82, 2.24) is 4.98 Å². The smallest absolute Gasteiger partial charge is 0.195 e. The van der Waals surface area contributed by atoms with E-state index in [1.807, 2.05) is 12.1 Å². The number of halogens is 2. The second kappa shape index (κ2) is 9.69. The van der Waals surface area contributed by atoms with Crippen LogP contribution >= 0.6 is 11.6 Å². The standard InChI is InChI=1S/C27H25ClFN3O5S/c1-38(2,34)32-16-7-8-17(19(29)9-16)14-3-5-15(6-4-14)25-18(28)10-20-21(31-25)11-24(30-20)37-23-13-36-26-22(33)12-35-27(23)26/h3-10,22-23,26-27,33H,11-13H2,1-2H3/t22-,23-,26-,27-/m1/s1. The molecule has 0 unspecified atom stereocenters. The third-order valence-corrected chi connectivity index (χ3v) is 7.55. The lowest BCUT2D eigenvalue weighted by Crippen LogP contribution is -2.34. The minimum absolute atomic E-state index is 0.232. The topological polar surface area (TPSA) is 103 Å². The van der Waals surface area contributed by atoms with Crippen LogP contribution in [-0.4, -0.2) is 70.3 Å². The van der Waals surface area contributed by atoms with Crippen molar-refractivity contribution in [2.75, 3.05) is 25.7 Å². The first kappa shape index (κ1) is 25.4. The normalized spacial score (nSPS) is 24.2. The van der Waals surface area contributed by atoms with E-state index in [0.717, 1.165) is 11.3 Å². The number of aliphatic hydroxyl groups excluding tert-OH is 1. The summed E-state index contributed by atoms with van der Waals surface area (Å²) in [5.41, 5.74) is 4.18. The summed E-state index contributed by atoms with van der Waals surface area (Å²) in [6.45, 7) is 0.554. The fourth-order valence-electron chi connectivity index (χ4n) is 4.91. The molecule has 38 heavy (non-hydrogen) atoms. The summed E-state index contributed by atoms with van der Waals surface area (Å²) in [5.74, 6) is 0.0560. The van der Waals surface area contributed by atoms with Crippen LogP contribution in [0.3, 0.4) is 0 Å². The van der Waals surface area contributed by atoms with Gasteiger partial charge >= 0.3 is 0 Å². The van der Waals surface area contributed by atoms with E-state index in [0.29, 0.717) is 52.1 Å². The molecule has 11 heteroatoms. The Balaban J connectivity index is 1.19. The number of fused-ring (bicyclic) bond motifs is 2. The lowest BCUT2D eigenvalue weighted by Gasteiger charge is -2.17. The molecule has 198 valence electrons. The quantitative estimate of drug-likeness (QED) is 0.499. The molecule has 0 bridgehead atoms. The zero-order valence-corrected chi connectivity index (χ0v) is 22.2. The average molecular weight is 558 g/mol. The first-order chi connectivity index (χ1) is 18.1. The van der Waals surface area contributed by atoms with Crippen LogP contribution in [0.2, 0.25) is 5.02 Å². The van der Waals surface area contributed by atoms with Crippen LogP contribution in [0, 0.1) is 5.82 Å². The van der Waals surface area contributed by atoms with Crippen molar-refractivity contribution in [2.45, 2.75) is 30.8 Å². The highest BCUT2D eigenvalue weighted by Gasteiger charge is 2.49. The molecule has 6 rings (SSSR count). The molecule has 0 spiro atoms. The van der Waals surface area contributed by atoms with E-state index >= 15 is 0 Å². The number of aliphatic imine (C=N–C) groups is 1. The number of hydrogen-bond donors (Lipinski definition) is 1. The molecular formula is C27H25ClFN3O5S. The Morgan fingerprint density at radius 2 is 1.82 bits per heavy atom. The molecular weight excluding hydrogens is 533 g/mol. The fraction of sp³-hybridized carbons (Fsp3) is 0.333. The monoisotopic (exact) mass is 557 g/mol. The first-order valence-electron chi connectivity index (χ1n) is 12.1.